The molecule has 0 aliphatic rings. The zero-order valence-electron chi connectivity index (χ0n) is 10.4. The van der Waals surface area contributed by atoms with Crippen molar-refractivity contribution in [2.45, 2.75) is 6.29 Å². The van der Waals surface area contributed by atoms with Crippen molar-refractivity contribution >= 4 is 11.8 Å². The summed E-state index contributed by atoms with van der Waals surface area (Å²) in [6, 6.07) is 5.03. The van der Waals surface area contributed by atoms with Crippen LogP contribution in [0.2, 0.25) is 0 Å². The van der Waals surface area contributed by atoms with Crippen LogP contribution in [0.5, 0.6) is 5.75 Å². The van der Waals surface area contributed by atoms with Gasteiger partial charge in [0.1, 0.15) is 12.4 Å². The number of nitrogens with zero attached hydrogens (tertiary/aromatic N) is 1. The summed E-state index contributed by atoms with van der Waals surface area (Å²) in [5.74, 6) is 0.141. The van der Waals surface area contributed by atoms with Gasteiger partial charge in [-0.2, -0.15) is 0 Å². The third-order valence-corrected chi connectivity index (χ3v) is 2.11. The maximum absolute atomic E-state index is 11.3. The van der Waals surface area contributed by atoms with E-state index in [4.69, 9.17) is 18.9 Å². The number of nitro benzene ring substituents is 1. The summed E-state index contributed by atoms with van der Waals surface area (Å²) in [5, 5.41) is 10.4. The molecule has 0 atom stereocenters. The molecule has 19 heavy (non-hydrogen) atoms. The summed E-state index contributed by atoms with van der Waals surface area (Å²) >= 11 is 0. The van der Waals surface area contributed by atoms with Crippen LogP contribution in [0.4, 0.5) is 10.5 Å². The van der Waals surface area contributed by atoms with E-state index >= 15 is 0 Å². The van der Waals surface area contributed by atoms with Gasteiger partial charge in [-0.05, 0) is 12.1 Å². The molecule has 8 nitrogen and oxygen atoms in total. The van der Waals surface area contributed by atoms with Gasteiger partial charge in [0.25, 0.3) is 5.69 Å². The Kier molecular flexibility index (Phi) is 5.71. The molecule has 8 heteroatoms. The van der Waals surface area contributed by atoms with Crippen LogP contribution < -0.4 is 4.74 Å². The van der Waals surface area contributed by atoms with Gasteiger partial charge in [-0.15, -0.1) is 0 Å². The maximum Gasteiger partial charge on any atom is 0.514 e. The lowest BCUT2D eigenvalue weighted by molar-refractivity contribution is -0.384. The molecule has 0 N–H and O–H groups in total. The number of non-ortho nitro benzene ring substituents is 1. The van der Waals surface area contributed by atoms with Crippen LogP contribution in [0.1, 0.15) is 0 Å². The van der Waals surface area contributed by atoms with Crippen LogP contribution in [0.3, 0.4) is 0 Å². The number of carbonyl (C=O) groups is 1. The quantitative estimate of drug-likeness (QED) is 0.255. The zero-order chi connectivity index (χ0) is 14.3. The average molecular weight is 271 g/mol. The van der Waals surface area contributed by atoms with Crippen molar-refractivity contribution in [3.8, 4) is 5.75 Å². The Morgan fingerprint density at radius 1 is 1.26 bits per heavy atom. The molecular weight excluding hydrogens is 258 g/mol. The zero-order valence-corrected chi connectivity index (χ0v) is 10.4. The number of rotatable bonds is 6. The smallest absolute Gasteiger partial charge is 0.429 e. The second kappa shape index (κ2) is 7.29. The van der Waals surface area contributed by atoms with E-state index in [-0.39, 0.29) is 18.0 Å². The molecule has 0 amide bonds. The van der Waals surface area contributed by atoms with Crippen LogP contribution in [-0.4, -0.2) is 38.2 Å². The van der Waals surface area contributed by atoms with Gasteiger partial charge >= 0.3 is 6.16 Å². The molecule has 1 aromatic carbocycles. The highest BCUT2D eigenvalue weighted by Gasteiger charge is 2.12. The molecule has 1 rings (SSSR count). The van der Waals surface area contributed by atoms with E-state index in [1.807, 2.05) is 0 Å². The second-order valence-electron chi connectivity index (χ2n) is 3.32. The van der Waals surface area contributed by atoms with E-state index < -0.39 is 17.4 Å². The van der Waals surface area contributed by atoms with Crippen molar-refractivity contribution in [1.29, 1.82) is 0 Å². The topological polar surface area (TPSA) is 97.1 Å². The van der Waals surface area contributed by atoms with Gasteiger partial charge < -0.3 is 18.9 Å². The van der Waals surface area contributed by atoms with Crippen molar-refractivity contribution in [2.24, 2.45) is 0 Å². The largest absolute Gasteiger partial charge is 0.514 e. The average Bonchev–Trinajstić information content (AvgIpc) is 2.40. The van der Waals surface area contributed by atoms with Gasteiger partial charge in [-0.1, -0.05) is 0 Å². The molecule has 0 unspecified atom stereocenters. The number of carbonyl (C=O) groups excluding carboxylic acids is 1. The first kappa shape index (κ1) is 14.9. The minimum Gasteiger partial charge on any atom is -0.429 e. The lowest BCUT2D eigenvalue weighted by atomic mass is 10.3. The lowest BCUT2D eigenvalue weighted by Crippen LogP contribution is -2.23. The van der Waals surface area contributed by atoms with E-state index in [1.54, 1.807) is 0 Å². The number of ether oxygens (including phenoxy) is 4. The summed E-state index contributed by atoms with van der Waals surface area (Å²) in [6.45, 7) is -0.126. The fourth-order valence-electron chi connectivity index (χ4n) is 1.13. The molecule has 0 bridgehead atoms. The van der Waals surface area contributed by atoms with Crippen molar-refractivity contribution in [3.63, 3.8) is 0 Å². The summed E-state index contributed by atoms with van der Waals surface area (Å²) in [5.41, 5.74) is -0.0976. The summed E-state index contributed by atoms with van der Waals surface area (Å²) in [4.78, 5) is 21.1. The lowest BCUT2D eigenvalue weighted by Gasteiger charge is -2.13. The Morgan fingerprint density at radius 3 is 2.32 bits per heavy atom. The van der Waals surface area contributed by atoms with Gasteiger partial charge in [-0.3, -0.25) is 10.1 Å². The Balaban J connectivity index is 2.46. The SMILES string of the molecule is COC(COC(=O)Oc1ccc([N+](=O)[O-])cc1)OC. The monoisotopic (exact) mass is 271 g/mol. The molecule has 0 heterocycles. The van der Waals surface area contributed by atoms with E-state index in [0.717, 1.165) is 0 Å². The number of nitro groups is 1. The molecule has 0 aromatic heterocycles. The normalized spacial score (nSPS) is 10.3. The van der Waals surface area contributed by atoms with E-state index in [2.05, 4.69) is 0 Å². The third kappa shape index (κ3) is 4.90. The van der Waals surface area contributed by atoms with Crippen LogP contribution in [0.25, 0.3) is 0 Å². The van der Waals surface area contributed by atoms with Crippen molar-refractivity contribution in [1.82, 2.24) is 0 Å². The minimum absolute atomic E-state index is 0.0976. The van der Waals surface area contributed by atoms with E-state index in [0.29, 0.717) is 0 Å². The number of hydrogen-bond donors (Lipinski definition) is 0. The van der Waals surface area contributed by atoms with Crippen LogP contribution >= 0.6 is 0 Å². The summed E-state index contributed by atoms with van der Waals surface area (Å²) in [7, 11) is 2.80. The maximum atomic E-state index is 11.3. The van der Waals surface area contributed by atoms with E-state index in [1.165, 1.54) is 38.5 Å². The molecule has 1 aromatic rings. The third-order valence-electron chi connectivity index (χ3n) is 2.11. The second-order valence-corrected chi connectivity index (χ2v) is 3.32. The van der Waals surface area contributed by atoms with Gasteiger partial charge in [0.05, 0.1) is 4.92 Å². The van der Waals surface area contributed by atoms with E-state index in [9.17, 15) is 14.9 Å². The molecule has 0 saturated carbocycles. The molecular formula is C11H13NO7. The predicted molar refractivity (Wildman–Crippen MR) is 62.9 cm³/mol. The molecule has 0 aliphatic heterocycles. The first-order valence-corrected chi connectivity index (χ1v) is 5.21. The summed E-state index contributed by atoms with van der Waals surface area (Å²) < 4.78 is 19.1. The fourth-order valence-corrected chi connectivity index (χ4v) is 1.13. The Morgan fingerprint density at radius 2 is 1.84 bits per heavy atom. The standard InChI is InChI=1S/C11H13NO7/c1-16-10(17-2)7-18-11(13)19-9-5-3-8(4-6-9)12(14)15/h3-6,10H,7H2,1-2H3. The van der Waals surface area contributed by atoms with Gasteiger partial charge in [0, 0.05) is 26.4 Å². The molecule has 0 fully saturated rings. The van der Waals surface area contributed by atoms with Crippen LogP contribution in [0, 0.1) is 10.1 Å². The van der Waals surface area contributed by atoms with Crippen LogP contribution in [0.15, 0.2) is 24.3 Å². The molecule has 0 spiro atoms. The van der Waals surface area contributed by atoms with Gasteiger partial charge in [-0.25, -0.2) is 4.79 Å². The van der Waals surface area contributed by atoms with Crippen molar-refractivity contribution in [3.05, 3.63) is 34.4 Å². The van der Waals surface area contributed by atoms with Crippen molar-refractivity contribution < 1.29 is 28.7 Å². The molecule has 0 radical (unpaired) electrons. The highest BCUT2D eigenvalue weighted by atomic mass is 16.7. The highest BCUT2D eigenvalue weighted by molar-refractivity contribution is 5.63. The minimum atomic E-state index is -0.951. The summed E-state index contributed by atoms with van der Waals surface area (Å²) in [6.07, 6.45) is -1.63. The number of benzene rings is 1. The van der Waals surface area contributed by atoms with Crippen molar-refractivity contribution in [2.75, 3.05) is 20.8 Å². The van der Waals surface area contributed by atoms with Gasteiger partial charge in [0.2, 0.25) is 0 Å². The number of methoxy groups -OCH3 is 2. The Labute approximate surface area is 109 Å². The predicted octanol–water partition coefficient (Wildman–Crippen LogP) is 1.73. The Hall–Kier alpha value is -2.19. The molecule has 0 saturated heterocycles. The highest BCUT2D eigenvalue weighted by Crippen LogP contribution is 2.17. The Bertz CT molecular complexity index is 427. The molecule has 104 valence electrons. The first-order chi connectivity index (χ1) is 9.06. The number of hydrogen-bond acceptors (Lipinski definition) is 7. The first-order valence-electron chi connectivity index (χ1n) is 5.21. The molecule has 0 aliphatic carbocycles. The van der Waals surface area contributed by atoms with Gasteiger partial charge in [0.15, 0.2) is 6.29 Å². The fraction of sp³-hybridized carbons (Fsp3) is 0.364. The van der Waals surface area contributed by atoms with Crippen LogP contribution in [-0.2, 0) is 14.2 Å².